The van der Waals surface area contributed by atoms with E-state index >= 15 is 0 Å². The normalized spacial score (nSPS) is 18.0. The van der Waals surface area contributed by atoms with Gasteiger partial charge in [-0.25, -0.2) is 4.79 Å². The third-order valence-corrected chi connectivity index (χ3v) is 4.47. The predicted octanol–water partition coefficient (Wildman–Crippen LogP) is 2.48. The van der Waals surface area contributed by atoms with Crippen LogP contribution < -0.4 is 14.8 Å². The van der Waals surface area contributed by atoms with Crippen molar-refractivity contribution in [3.05, 3.63) is 34.7 Å². The van der Waals surface area contributed by atoms with Gasteiger partial charge in [0.2, 0.25) is 0 Å². The highest BCUT2D eigenvalue weighted by Gasteiger charge is 2.25. The first-order chi connectivity index (χ1) is 13.0. The molecule has 2 rings (SSSR count). The lowest BCUT2D eigenvalue weighted by Crippen LogP contribution is -2.19. The van der Waals surface area contributed by atoms with Gasteiger partial charge in [-0.15, -0.1) is 5.10 Å². The van der Waals surface area contributed by atoms with Crippen LogP contribution in [-0.2, 0) is 14.3 Å². The maximum absolute atomic E-state index is 11.8. The van der Waals surface area contributed by atoms with Crippen LogP contribution >= 0.6 is 11.8 Å². The number of amides is 1. The molecule has 0 radical (unpaired) electrons. The third-order valence-electron chi connectivity index (χ3n) is 3.57. The molecule has 1 aliphatic heterocycles. The second-order valence-corrected chi connectivity index (χ2v) is 6.48. The number of benzene rings is 1. The summed E-state index contributed by atoms with van der Waals surface area (Å²) in [5.74, 6) is 0.133. The van der Waals surface area contributed by atoms with Crippen LogP contribution in [0.25, 0.3) is 0 Å². The Morgan fingerprint density at radius 1 is 1.37 bits per heavy atom. The minimum Gasteiger partial charge on any atom is -0.493 e. The van der Waals surface area contributed by atoms with Crippen LogP contribution in [0.1, 0.15) is 25.8 Å². The molecule has 1 aromatic rings. The summed E-state index contributed by atoms with van der Waals surface area (Å²) in [4.78, 5) is 23.2. The molecule has 0 aromatic heterocycles. The van der Waals surface area contributed by atoms with E-state index in [0.717, 1.165) is 24.3 Å². The monoisotopic (exact) mass is 391 g/mol. The van der Waals surface area contributed by atoms with Crippen molar-refractivity contribution in [2.45, 2.75) is 26.4 Å². The quantitative estimate of drug-likeness (QED) is 0.332. The van der Waals surface area contributed by atoms with Crippen molar-refractivity contribution in [1.29, 1.82) is 0 Å². The Morgan fingerprint density at radius 2 is 2.15 bits per heavy atom. The van der Waals surface area contributed by atoms with Crippen molar-refractivity contribution < 1.29 is 23.8 Å². The Labute approximate surface area is 161 Å². The molecule has 8 nitrogen and oxygen atoms in total. The third kappa shape index (κ3) is 5.58. The summed E-state index contributed by atoms with van der Waals surface area (Å²) in [5, 5.41) is 10.8. The molecule has 1 aliphatic rings. The van der Waals surface area contributed by atoms with Crippen LogP contribution in [0.15, 0.2) is 39.4 Å². The van der Waals surface area contributed by atoms with Gasteiger partial charge >= 0.3 is 5.97 Å². The average Bonchev–Trinajstić information content (AvgIpc) is 3.01. The number of thioether (sulfide) groups is 1. The van der Waals surface area contributed by atoms with Crippen molar-refractivity contribution in [3.63, 3.8) is 0 Å². The summed E-state index contributed by atoms with van der Waals surface area (Å²) in [5.41, 5.74) is 0.693. The minimum atomic E-state index is -0.611. The molecule has 27 heavy (non-hydrogen) atoms. The van der Waals surface area contributed by atoms with Gasteiger partial charge in [0.05, 0.1) is 31.4 Å². The lowest BCUT2D eigenvalue weighted by Gasteiger charge is -2.17. The molecule has 144 valence electrons. The molecule has 1 amide bonds. The molecule has 0 aliphatic carbocycles. The van der Waals surface area contributed by atoms with Gasteiger partial charge in [-0.2, -0.15) is 5.10 Å². The maximum atomic E-state index is 11.8. The van der Waals surface area contributed by atoms with Crippen molar-refractivity contribution >= 4 is 35.0 Å². The summed E-state index contributed by atoms with van der Waals surface area (Å²) >= 11 is 1.00. The standard InChI is InChI=1S/C18H21N3O5S/c1-5-11(2)26-16-12(7-6-8-13(16)24-3)10-19-21-18-20-17(23)14(27-18)9-15(22)25-4/h6-11H,5H2,1-4H3,(H,20,21,23)/b14-9+,19-10?. The first-order valence-corrected chi connectivity index (χ1v) is 9.03. The number of methoxy groups -OCH3 is 2. The van der Waals surface area contributed by atoms with E-state index in [2.05, 4.69) is 20.3 Å². The number of nitrogens with zero attached hydrogens (tertiary/aromatic N) is 2. The van der Waals surface area contributed by atoms with Crippen LogP contribution in [0.3, 0.4) is 0 Å². The molecule has 1 atom stereocenters. The molecule has 1 fully saturated rings. The summed E-state index contributed by atoms with van der Waals surface area (Å²) < 4.78 is 15.8. The number of hydrogen-bond acceptors (Lipinski definition) is 8. The molecule has 1 saturated heterocycles. The highest BCUT2D eigenvalue weighted by molar-refractivity contribution is 8.18. The zero-order valence-corrected chi connectivity index (χ0v) is 16.3. The SMILES string of the molecule is CCC(C)Oc1c(C=N/N=C2/NC(=O)/C(=C\C(=O)OC)S2)cccc1OC. The average molecular weight is 391 g/mol. The van der Waals surface area contributed by atoms with E-state index in [-0.39, 0.29) is 16.2 Å². The number of rotatable bonds is 7. The van der Waals surface area contributed by atoms with Gasteiger partial charge in [-0.05, 0) is 37.2 Å². The molecule has 9 heteroatoms. The molecule has 1 aromatic carbocycles. The van der Waals surface area contributed by atoms with Gasteiger partial charge in [0.15, 0.2) is 16.7 Å². The molecule has 0 bridgehead atoms. The second-order valence-electron chi connectivity index (χ2n) is 5.45. The number of esters is 1. The van der Waals surface area contributed by atoms with E-state index in [9.17, 15) is 9.59 Å². The van der Waals surface area contributed by atoms with Crippen molar-refractivity contribution in [3.8, 4) is 11.5 Å². The number of carbonyl (C=O) groups is 2. The molecular weight excluding hydrogens is 370 g/mol. The van der Waals surface area contributed by atoms with Crippen LogP contribution in [0.5, 0.6) is 11.5 Å². The van der Waals surface area contributed by atoms with E-state index < -0.39 is 11.9 Å². The van der Waals surface area contributed by atoms with Gasteiger partial charge in [-0.3, -0.25) is 10.1 Å². The highest BCUT2D eigenvalue weighted by atomic mass is 32.2. The van der Waals surface area contributed by atoms with Gasteiger partial charge in [0.25, 0.3) is 5.91 Å². The Kier molecular flexibility index (Phi) is 7.42. The van der Waals surface area contributed by atoms with Crippen molar-refractivity contribution in [2.75, 3.05) is 14.2 Å². The van der Waals surface area contributed by atoms with Crippen LogP contribution in [0, 0.1) is 0 Å². The smallest absolute Gasteiger partial charge is 0.331 e. The molecule has 0 spiro atoms. The van der Waals surface area contributed by atoms with E-state index in [1.807, 2.05) is 26.0 Å². The fourth-order valence-corrected chi connectivity index (χ4v) is 2.73. The van der Waals surface area contributed by atoms with E-state index in [4.69, 9.17) is 9.47 Å². The number of nitrogens with one attached hydrogen (secondary N) is 1. The van der Waals surface area contributed by atoms with Gasteiger partial charge in [-0.1, -0.05) is 13.0 Å². The lowest BCUT2D eigenvalue weighted by molar-refractivity contribution is -0.135. The van der Waals surface area contributed by atoms with Crippen LogP contribution in [-0.4, -0.2) is 43.6 Å². The number of para-hydroxylation sites is 1. The maximum Gasteiger partial charge on any atom is 0.331 e. The van der Waals surface area contributed by atoms with E-state index in [0.29, 0.717) is 17.1 Å². The fourth-order valence-electron chi connectivity index (χ4n) is 1.99. The summed E-state index contributed by atoms with van der Waals surface area (Å²) in [7, 11) is 2.81. The first-order valence-electron chi connectivity index (χ1n) is 8.22. The topological polar surface area (TPSA) is 98.6 Å². The van der Waals surface area contributed by atoms with Gasteiger partial charge in [0, 0.05) is 11.6 Å². The summed E-state index contributed by atoms with van der Waals surface area (Å²) in [6, 6.07) is 5.45. The molecule has 1 heterocycles. The fraction of sp³-hybridized carbons (Fsp3) is 0.333. The molecule has 0 saturated carbocycles. The largest absolute Gasteiger partial charge is 0.493 e. The number of carbonyl (C=O) groups excluding carboxylic acids is 2. The first kappa shape index (κ1) is 20.5. The van der Waals surface area contributed by atoms with Gasteiger partial charge in [0.1, 0.15) is 0 Å². The molecular formula is C18H21N3O5S. The number of ether oxygens (including phenoxy) is 3. The number of hydrogen-bond donors (Lipinski definition) is 1. The Balaban J connectivity index is 2.19. The molecule has 1 N–H and O–H groups in total. The summed E-state index contributed by atoms with van der Waals surface area (Å²) in [6.45, 7) is 3.99. The van der Waals surface area contributed by atoms with Crippen molar-refractivity contribution in [2.24, 2.45) is 10.2 Å². The second kappa shape index (κ2) is 9.77. The predicted molar refractivity (Wildman–Crippen MR) is 104 cm³/mol. The van der Waals surface area contributed by atoms with E-state index in [1.165, 1.54) is 13.3 Å². The zero-order chi connectivity index (χ0) is 19.8. The lowest BCUT2D eigenvalue weighted by atomic mass is 10.2. The zero-order valence-electron chi connectivity index (χ0n) is 15.5. The molecule has 1 unspecified atom stereocenters. The highest BCUT2D eigenvalue weighted by Crippen LogP contribution is 2.31. The minimum absolute atomic E-state index is 0.00968. The van der Waals surface area contributed by atoms with Crippen LogP contribution in [0.4, 0.5) is 0 Å². The van der Waals surface area contributed by atoms with Crippen molar-refractivity contribution in [1.82, 2.24) is 5.32 Å². The Morgan fingerprint density at radius 3 is 2.81 bits per heavy atom. The summed E-state index contributed by atoms with van der Waals surface area (Å²) in [6.07, 6.45) is 3.47. The number of amidine groups is 1. The Hall–Kier alpha value is -2.81. The van der Waals surface area contributed by atoms with Gasteiger partial charge < -0.3 is 14.2 Å². The van der Waals surface area contributed by atoms with E-state index in [1.54, 1.807) is 13.2 Å². The Bertz CT molecular complexity index is 804. The van der Waals surface area contributed by atoms with Crippen LogP contribution in [0.2, 0.25) is 0 Å².